The Labute approximate surface area is 104 Å². The largest absolute Gasteiger partial charge is 0.466 e. The van der Waals surface area contributed by atoms with Gasteiger partial charge in [0.1, 0.15) is 0 Å². The van der Waals surface area contributed by atoms with E-state index in [2.05, 4.69) is 18.7 Å². The summed E-state index contributed by atoms with van der Waals surface area (Å²) in [5.74, 6) is 1.12. The molecule has 0 aromatic carbocycles. The van der Waals surface area contributed by atoms with E-state index < -0.39 is 6.10 Å². The summed E-state index contributed by atoms with van der Waals surface area (Å²) in [5, 5.41) is 9.81. The van der Waals surface area contributed by atoms with Gasteiger partial charge in [-0.25, -0.2) is 0 Å². The number of hydrogen-bond donors (Lipinski definition) is 1. The number of carbonyl (C=O) groups is 1. The molecular formula is C13H25NO3. The minimum absolute atomic E-state index is 0.105. The Kier molecular flexibility index (Phi) is 5.92. The van der Waals surface area contributed by atoms with Crippen LogP contribution in [-0.2, 0) is 9.53 Å². The number of β-amino-alcohol motifs (C(OH)–C–C–N with tert-alkyl or cyclic N) is 1. The quantitative estimate of drug-likeness (QED) is 0.739. The molecular weight excluding hydrogens is 218 g/mol. The number of aliphatic hydroxyl groups is 1. The van der Waals surface area contributed by atoms with Gasteiger partial charge in [0, 0.05) is 13.1 Å². The van der Waals surface area contributed by atoms with Crippen molar-refractivity contribution >= 4 is 5.97 Å². The van der Waals surface area contributed by atoms with Gasteiger partial charge in [-0.1, -0.05) is 13.8 Å². The Morgan fingerprint density at radius 2 is 2.18 bits per heavy atom. The van der Waals surface area contributed by atoms with Crippen molar-refractivity contribution in [3.05, 3.63) is 0 Å². The van der Waals surface area contributed by atoms with Gasteiger partial charge in [0.15, 0.2) is 0 Å². The van der Waals surface area contributed by atoms with Crippen LogP contribution in [0.2, 0.25) is 0 Å². The predicted molar refractivity (Wildman–Crippen MR) is 66.6 cm³/mol. The molecule has 3 unspecified atom stereocenters. The first-order valence-corrected chi connectivity index (χ1v) is 6.59. The number of likely N-dealkylation sites (tertiary alicyclic amines) is 1. The Morgan fingerprint density at radius 3 is 2.76 bits per heavy atom. The fraction of sp³-hybridized carbons (Fsp3) is 0.923. The van der Waals surface area contributed by atoms with Crippen LogP contribution in [0.5, 0.6) is 0 Å². The number of esters is 1. The van der Waals surface area contributed by atoms with Crippen LogP contribution in [0.15, 0.2) is 0 Å². The first-order valence-electron chi connectivity index (χ1n) is 6.59. The van der Waals surface area contributed by atoms with E-state index >= 15 is 0 Å². The number of aliphatic hydroxyl groups excluding tert-OH is 1. The molecule has 17 heavy (non-hydrogen) atoms. The molecule has 1 saturated heterocycles. The monoisotopic (exact) mass is 243 g/mol. The number of rotatable bonds is 5. The van der Waals surface area contributed by atoms with Crippen molar-refractivity contribution in [2.75, 3.05) is 26.2 Å². The zero-order valence-corrected chi connectivity index (χ0v) is 11.2. The van der Waals surface area contributed by atoms with Gasteiger partial charge in [-0.3, -0.25) is 4.79 Å². The third-order valence-electron chi connectivity index (χ3n) is 3.59. The van der Waals surface area contributed by atoms with Crippen molar-refractivity contribution in [3.63, 3.8) is 0 Å². The van der Waals surface area contributed by atoms with Crippen molar-refractivity contribution in [1.29, 1.82) is 0 Å². The lowest BCUT2D eigenvalue weighted by molar-refractivity contribution is -0.145. The highest BCUT2D eigenvalue weighted by atomic mass is 16.5. The van der Waals surface area contributed by atoms with E-state index in [9.17, 15) is 9.90 Å². The van der Waals surface area contributed by atoms with Crippen molar-refractivity contribution in [2.45, 2.75) is 39.7 Å². The Balaban J connectivity index is 2.26. The molecule has 0 aliphatic carbocycles. The van der Waals surface area contributed by atoms with E-state index in [1.165, 1.54) is 6.42 Å². The molecule has 1 N–H and O–H groups in total. The van der Waals surface area contributed by atoms with E-state index in [-0.39, 0.29) is 12.4 Å². The van der Waals surface area contributed by atoms with Crippen molar-refractivity contribution < 1.29 is 14.6 Å². The minimum Gasteiger partial charge on any atom is -0.466 e. The molecule has 4 heteroatoms. The van der Waals surface area contributed by atoms with Crippen molar-refractivity contribution in [1.82, 2.24) is 4.90 Å². The second-order valence-electron chi connectivity index (χ2n) is 5.17. The molecule has 0 radical (unpaired) electrons. The molecule has 1 aliphatic heterocycles. The summed E-state index contributed by atoms with van der Waals surface area (Å²) in [6.07, 6.45) is 0.677. The summed E-state index contributed by atoms with van der Waals surface area (Å²) >= 11 is 0. The third-order valence-corrected chi connectivity index (χ3v) is 3.59. The molecule has 0 aromatic rings. The SMILES string of the molecule is CCOC(=O)CC(O)CN1CCC(C)C(C)C1. The van der Waals surface area contributed by atoms with Crippen LogP contribution >= 0.6 is 0 Å². The predicted octanol–water partition coefficient (Wildman–Crippen LogP) is 1.28. The smallest absolute Gasteiger partial charge is 0.308 e. The van der Waals surface area contributed by atoms with E-state index in [0.29, 0.717) is 19.1 Å². The molecule has 1 heterocycles. The highest BCUT2D eigenvalue weighted by Crippen LogP contribution is 2.22. The van der Waals surface area contributed by atoms with Gasteiger partial charge >= 0.3 is 5.97 Å². The van der Waals surface area contributed by atoms with Crippen molar-refractivity contribution in [3.8, 4) is 0 Å². The second-order valence-corrected chi connectivity index (χ2v) is 5.17. The lowest BCUT2D eigenvalue weighted by Gasteiger charge is -2.36. The van der Waals surface area contributed by atoms with Gasteiger partial charge in [-0.2, -0.15) is 0 Å². The first-order chi connectivity index (χ1) is 8.02. The van der Waals surface area contributed by atoms with Gasteiger partial charge in [0.2, 0.25) is 0 Å². The maximum Gasteiger partial charge on any atom is 0.308 e. The minimum atomic E-state index is -0.602. The topological polar surface area (TPSA) is 49.8 Å². The fourth-order valence-corrected chi connectivity index (χ4v) is 2.29. The van der Waals surface area contributed by atoms with Gasteiger partial charge in [-0.15, -0.1) is 0 Å². The Morgan fingerprint density at radius 1 is 1.47 bits per heavy atom. The maximum absolute atomic E-state index is 11.2. The molecule has 1 rings (SSSR count). The zero-order chi connectivity index (χ0) is 12.8. The molecule has 0 amide bonds. The number of ether oxygens (including phenoxy) is 1. The number of nitrogens with zero attached hydrogens (tertiary/aromatic N) is 1. The average Bonchev–Trinajstić information content (AvgIpc) is 2.23. The first kappa shape index (κ1) is 14.5. The summed E-state index contributed by atoms with van der Waals surface area (Å²) < 4.78 is 4.82. The molecule has 100 valence electrons. The van der Waals surface area contributed by atoms with E-state index in [4.69, 9.17) is 4.74 Å². The fourth-order valence-electron chi connectivity index (χ4n) is 2.29. The number of piperidine rings is 1. The number of hydrogen-bond acceptors (Lipinski definition) is 4. The normalized spacial score (nSPS) is 27.8. The summed E-state index contributed by atoms with van der Waals surface area (Å²) in [6.45, 7) is 9.29. The van der Waals surface area contributed by atoms with Crippen LogP contribution in [0, 0.1) is 11.8 Å². The van der Waals surface area contributed by atoms with Crippen molar-refractivity contribution in [2.24, 2.45) is 11.8 Å². The van der Waals surface area contributed by atoms with Crippen LogP contribution in [0.1, 0.15) is 33.6 Å². The Bertz CT molecular complexity index is 245. The molecule has 0 bridgehead atoms. The maximum atomic E-state index is 11.2. The molecule has 4 nitrogen and oxygen atoms in total. The van der Waals surface area contributed by atoms with Crippen LogP contribution < -0.4 is 0 Å². The van der Waals surface area contributed by atoms with E-state index in [1.54, 1.807) is 6.92 Å². The molecule has 1 aliphatic rings. The lowest BCUT2D eigenvalue weighted by Crippen LogP contribution is -2.42. The van der Waals surface area contributed by atoms with Gasteiger partial charge in [0.05, 0.1) is 19.1 Å². The molecule has 0 saturated carbocycles. The molecule has 0 spiro atoms. The van der Waals surface area contributed by atoms with Gasteiger partial charge in [-0.05, 0) is 31.7 Å². The summed E-state index contributed by atoms with van der Waals surface area (Å²) in [4.78, 5) is 13.5. The average molecular weight is 243 g/mol. The molecule has 3 atom stereocenters. The van der Waals surface area contributed by atoms with Gasteiger partial charge in [0.25, 0.3) is 0 Å². The van der Waals surface area contributed by atoms with Crippen LogP contribution in [0.4, 0.5) is 0 Å². The van der Waals surface area contributed by atoms with E-state index in [1.807, 2.05) is 0 Å². The highest BCUT2D eigenvalue weighted by molar-refractivity contribution is 5.69. The Hall–Kier alpha value is -0.610. The van der Waals surface area contributed by atoms with Crippen LogP contribution in [-0.4, -0.2) is 48.3 Å². The van der Waals surface area contributed by atoms with Crippen LogP contribution in [0.3, 0.4) is 0 Å². The molecule has 1 fully saturated rings. The van der Waals surface area contributed by atoms with E-state index in [0.717, 1.165) is 19.0 Å². The third kappa shape index (κ3) is 5.04. The zero-order valence-electron chi connectivity index (χ0n) is 11.2. The lowest BCUT2D eigenvalue weighted by atomic mass is 9.88. The summed E-state index contributed by atoms with van der Waals surface area (Å²) in [6, 6.07) is 0. The van der Waals surface area contributed by atoms with Crippen LogP contribution in [0.25, 0.3) is 0 Å². The highest BCUT2D eigenvalue weighted by Gasteiger charge is 2.24. The summed E-state index contributed by atoms with van der Waals surface area (Å²) in [5.41, 5.74) is 0. The number of carbonyl (C=O) groups excluding carboxylic acids is 1. The summed E-state index contributed by atoms with van der Waals surface area (Å²) in [7, 11) is 0. The van der Waals surface area contributed by atoms with Gasteiger partial charge < -0.3 is 14.7 Å². The standard InChI is InChI=1S/C13H25NO3/c1-4-17-13(16)7-12(15)9-14-6-5-10(2)11(3)8-14/h10-12,15H,4-9H2,1-3H3. The second kappa shape index (κ2) is 6.97. The molecule has 0 aromatic heterocycles.